The Hall–Kier alpha value is -4.01. The summed E-state index contributed by atoms with van der Waals surface area (Å²) in [5, 5.41) is 4.76. The molecule has 5 heterocycles. The number of rotatable bonds is 4. The lowest BCUT2D eigenvalue weighted by atomic mass is 9.99. The van der Waals surface area contributed by atoms with E-state index in [2.05, 4.69) is 9.97 Å². The number of imidazole rings is 1. The molecule has 1 atom stereocenters. The third kappa shape index (κ3) is 3.55. The first-order chi connectivity index (χ1) is 16.2. The Morgan fingerprint density at radius 3 is 2.73 bits per heavy atom. The van der Waals surface area contributed by atoms with Gasteiger partial charge in [0.25, 0.3) is 0 Å². The molecule has 0 N–H and O–H groups in total. The smallest absolute Gasteiger partial charge is 0.205 e. The molecule has 0 spiro atoms. The van der Waals surface area contributed by atoms with Crippen molar-refractivity contribution in [3.63, 3.8) is 0 Å². The second kappa shape index (κ2) is 7.84. The van der Waals surface area contributed by atoms with Crippen LogP contribution in [0.2, 0.25) is 0 Å². The molecule has 0 amide bonds. The summed E-state index contributed by atoms with van der Waals surface area (Å²) in [5.41, 5.74) is 4.63. The highest BCUT2D eigenvalue weighted by Crippen LogP contribution is 2.34. The van der Waals surface area contributed by atoms with Gasteiger partial charge >= 0.3 is 0 Å². The van der Waals surface area contributed by atoms with Crippen LogP contribution in [0.1, 0.15) is 36.2 Å². The Morgan fingerprint density at radius 2 is 1.94 bits per heavy atom. The van der Waals surface area contributed by atoms with Gasteiger partial charge in [-0.05, 0) is 31.9 Å². The zero-order valence-corrected chi connectivity index (χ0v) is 18.5. The van der Waals surface area contributed by atoms with Gasteiger partial charge < -0.3 is 8.98 Å². The van der Waals surface area contributed by atoms with Crippen molar-refractivity contribution < 1.29 is 4.42 Å². The van der Waals surface area contributed by atoms with Crippen molar-refractivity contribution in [2.45, 2.75) is 32.2 Å². The number of benzene rings is 1. The molecule has 1 aliphatic rings. The molecular weight excluding hydrogens is 413 g/mol. The third-order valence-corrected chi connectivity index (χ3v) is 6.03. The lowest BCUT2D eigenvalue weighted by Crippen LogP contribution is -2.18. The fourth-order valence-electron chi connectivity index (χ4n) is 4.38. The van der Waals surface area contributed by atoms with E-state index in [-0.39, 0.29) is 5.92 Å². The number of hydrogen-bond donors (Lipinski definition) is 0. The van der Waals surface area contributed by atoms with Crippen LogP contribution in [-0.4, -0.2) is 42.1 Å². The Labute approximate surface area is 191 Å². The van der Waals surface area contributed by atoms with Gasteiger partial charge in [-0.25, -0.2) is 19.6 Å². The van der Waals surface area contributed by atoms with Gasteiger partial charge in [0.1, 0.15) is 11.5 Å². The molecule has 6 rings (SSSR count). The van der Waals surface area contributed by atoms with Gasteiger partial charge in [0.15, 0.2) is 19.4 Å². The normalized spacial score (nSPS) is 15.5. The minimum atomic E-state index is -0.0215. The van der Waals surface area contributed by atoms with E-state index in [1.54, 1.807) is 12.5 Å². The van der Waals surface area contributed by atoms with E-state index in [1.807, 2.05) is 72.7 Å². The lowest BCUT2D eigenvalue weighted by Gasteiger charge is -2.19. The summed E-state index contributed by atoms with van der Waals surface area (Å²) in [5.74, 6) is 2.94. The van der Waals surface area contributed by atoms with Crippen LogP contribution in [0.25, 0.3) is 28.5 Å². The maximum Gasteiger partial charge on any atom is 0.205 e. The van der Waals surface area contributed by atoms with E-state index in [1.165, 1.54) is 0 Å². The highest BCUT2D eigenvalue weighted by atomic mass is 16.4. The molecule has 0 radical (unpaired) electrons. The SMILES string of the molecule is Bc1nc(-c2nc3n(n2)CCCC3c2ncc(-c3ccccc3)o2)ccc1-n1cnc(C)c1. The molecule has 1 aliphatic heterocycles. The van der Waals surface area contributed by atoms with Crippen molar-refractivity contribution in [2.75, 3.05) is 0 Å². The number of aromatic nitrogens is 7. The predicted molar refractivity (Wildman–Crippen MR) is 126 cm³/mol. The summed E-state index contributed by atoms with van der Waals surface area (Å²) in [7, 11) is 1.99. The van der Waals surface area contributed by atoms with Crippen LogP contribution in [0.15, 0.2) is 65.6 Å². The molecule has 9 heteroatoms. The first-order valence-electron chi connectivity index (χ1n) is 11.1. The third-order valence-electron chi connectivity index (χ3n) is 6.03. The van der Waals surface area contributed by atoms with E-state index in [4.69, 9.17) is 19.5 Å². The molecule has 162 valence electrons. The number of fused-ring (bicyclic) bond motifs is 1. The Kier molecular flexibility index (Phi) is 4.67. The van der Waals surface area contributed by atoms with Crippen LogP contribution in [0.4, 0.5) is 0 Å². The van der Waals surface area contributed by atoms with Crippen molar-refractivity contribution in [3.05, 3.63) is 78.6 Å². The van der Waals surface area contributed by atoms with E-state index in [0.29, 0.717) is 11.7 Å². The van der Waals surface area contributed by atoms with Crippen molar-refractivity contribution in [3.8, 4) is 28.5 Å². The molecular formula is C24H22BN7O. The van der Waals surface area contributed by atoms with Crippen LogP contribution in [0, 0.1) is 6.92 Å². The van der Waals surface area contributed by atoms with E-state index < -0.39 is 0 Å². The summed E-state index contributed by atoms with van der Waals surface area (Å²) >= 11 is 0. The molecule has 4 aromatic heterocycles. The van der Waals surface area contributed by atoms with Gasteiger partial charge in [-0.3, -0.25) is 4.98 Å². The Bertz CT molecular complexity index is 1440. The molecule has 8 nitrogen and oxygen atoms in total. The molecule has 0 bridgehead atoms. The van der Waals surface area contributed by atoms with E-state index in [0.717, 1.165) is 59.2 Å². The Balaban J connectivity index is 1.32. The second-order valence-electron chi connectivity index (χ2n) is 8.36. The van der Waals surface area contributed by atoms with Crippen LogP contribution in [0.5, 0.6) is 0 Å². The van der Waals surface area contributed by atoms with E-state index in [9.17, 15) is 0 Å². The average Bonchev–Trinajstić information content (AvgIpc) is 3.59. The molecule has 1 unspecified atom stereocenters. The topological polar surface area (TPSA) is 87.5 Å². The number of oxazole rings is 1. The van der Waals surface area contributed by atoms with Crippen molar-refractivity contribution in [2.24, 2.45) is 0 Å². The Morgan fingerprint density at radius 1 is 1.06 bits per heavy atom. The van der Waals surface area contributed by atoms with Crippen LogP contribution >= 0.6 is 0 Å². The molecule has 0 fully saturated rings. The summed E-state index contributed by atoms with van der Waals surface area (Å²) in [6.07, 6.45) is 7.51. The summed E-state index contributed by atoms with van der Waals surface area (Å²) in [6.45, 7) is 2.80. The summed E-state index contributed by atoms with van der Waals surface area (Å²) in [4.78, 5) is 18.6. The highest BCUT2D eigenvalue weighted by molar-refractivity contribution is 6.33. The minimum Gasteiger partial charge on any atom is -0.440 e. The minimum absolute atomic E-state index is 0.0215. The molecule has 0 saturated heterocycles. The average molecular weight is 435 g/mol. The maximum absolute atomic E-state index is 6.15. The lowest BCUT2D eigenvalue weighted by molar-refractivity contribution is 0.387. The predicted octanol–water partition coefficient (Wildman–Crippen LogP) is 2.67. The summed E-state index contributed by atoms with van der Waals surface area (Å²) < 4.78 is 10.1. The highest BCUT2D eigenvalue weighted by Gasteiger charge is 2.30. The monoisotopic (exact) mass is 435 g/mol. The number of pyridine rings is 1. The molecule has 33 heavy (non-hydrogen) atoms. The van der Waals surface area contributed by atoms with Crippen molar-refractivity contribution >= 4 is 13.4 Å². The van der Waals surface area contributed by atoms with Crippen molar-refractivity contribution in [1.29, 1.82) is 0 Å². The molecule has 5 aromatic rings. The molecule has 0 aliphatic carbocycles. The first kappa shape index (κ1) is 19.7. The van der Waals surface area contributed by atoms with Gasteiger partial charge in [-0.2, -0.15) is 0 Å². The van der Waals surface area contributed by atoms with Gasteiger partial charge in [0.2, 0.25) is 5.89 Å². The van der Waals surface area contributed by atoms with Gasteiger partial charge in [0.05, 0.1) is 29.8 Å². The van der Waals surface area contributed by atoms with Gasteiger partial charge in [-0.1, -0.05) is 30.3 Å². The molecule has 0 saturated carbocycles. The number of hydrogen-bond acceptors (Lipinski definition) is 6. The van der Waals surface area contributed by atoms with Gasteiger partial charge in [-0.15, -0.1) is 5.10 Å². The zero-order chi connectivity index (χ0) is 22.4. The quantitative estimate of drug-likeness (QED) is 0.404. The standard InChI is InChI=1S/C24H22BN7O/c1-15-13-31(14-27-15)19-10-9-18(28-21(19)25)22-29-23-17(8-5-11-32(23)30-22)24-26-12-20(33-24)16-6-3-2-4-7-16/h2-4,6-7,9-10,12-14,17H,5,8,11,25H2,1H3. The second-order valence-corrected chi connectivity index (χ2v) is 8.36. The largest absolute Gasteiger partial charge is 0.440 e. The summed E-state index contributed by atoms with van der Waals surface area (Å²) in [6, 6.07) is 14.0. The van der Waals surface area contributed by atoms with Crippen LogP contribution < -0.4 is 5.59 Å². The number of aryl methyl sites for hydroxylation is 2. The fourth-order valence-corrected chi connectivity index (χ4v) is 4.38. The maximum atomic E-state index is 6.15. The van der Waals surface area contributed by atoms with Gasteiger partial charge in [0, 0.05) is 23.9 Å². The van der Waals surface area contributed by atoms with E-state index >= 15 is 0 Å². The fraction of sp³-hybridized carbons (Fsp3) is 0.208. The molecule has 1 aromatic carbocycles. The number of nitrogens with zero attached hydrogens (tertiary/aromatic N) is 7. The zero-order valence-electron chi connectivity index (χ0n) is 18.5. The van der Waals surface area contributed by atoms with Crippen LogP contribution in [0.3, 0.4) is 0 Å². The van der Waals surface area contributed by atoms with Crippen molar-refractivity contribution in [1.82, 2.24) is 34.3 Å². The van der Waals surface area contributed by atoms with Crippen LogP contribution in [-0.2, 0) is 6.54 Å². The first-order valence-corrected chi connectivity index (χ1v) is 11.1.